The second-order valence-electron chi connectivity index (χ2n) is 5.09. The first-order valence-corrected chi connectivity index (χ1v) is 7.85. The zero-order chi connectivity index (χ0) is 11.4. The van der Waals surface area contributed by atoms with Gasteiger partial charge in [-0.25, -0.2) is 0 Å². The summed E-state index contributed by atoms with van der Waals surface area (Å²) >= 11 is 1.92. The predicted octanol–water partition coefficient (Wildman–Crippen LogP) is 2.70. The van der Waals surface area contributed by atoms with Gasteiger partial charge in [0.05, 0.1) is 18.8 Å². The van der Waals surface area contributed by atoms with E-state index in [2.05, 4.69) is 6.92 Å². The molecule has 2 nitrogen and oxygen atoms in total. The lowest BCUT2D eigenvalue weighted by molar-refractivity contribution is -0.0690. The van der Waals surface area contributed by atoms with E-state index in [9.17, 15) is 5.11 Å². The third-order valence-corrected chi connectivity index (χ3v) is 5.17. The number of aliphatic hydroxyl groups excluding tert-OH is 1. The van der Waals surface area contributed by atoms with E-state index in [0.29, 0.717) is 5.92 Å². The highest BCUT2D eigenvalue weighted by atomic mass is 32.2. The second kappa shape index (κ2) is 6.27. The number of ether oxygens (including phenoxy) is 1. The lowest BCUT2D eigenvalue weighted by Crippen LogP contribution is -2.43. The van der Waals surface area contributed by atoms with Crippen LogP contribution in [-0.4, -0.2) is 35.4 Å². The van der Waals surface area contributed by atoms with Gasteiger partial charge in [-0.15, -0.1) is 0 Å². The standard InChI is InChI=1S/C13H24O2S/c1-2-10-5-3-4-6-11(10)13(14)12-9-16-8-7-15-12/h10-14H,2-9H2,1H3. The fourth-order valence-electron chi connectivity index (χ4n) is 3.17. The molecule has 0 bridgehead atoms. The van der Waals surface area contributed by atoms with Crippen LogP contribution in [0.4, 0.5) is 0 Å². The highest BCUT2D eigenvalue weighted by Crippen LogP contribution is 2.36. The molecule has 94 valence electrons. The number of thioether (sulfide) groups is 1. The summed E-state index contributed by atoms with van der Waals surface area (Å²) in [5.74, 6) is 3.28. The van der Waals surface area contributed by atoms with E-state index >= 15 is 0 Å². The van der Waals surface area contributed by atoms with Crippen molar-refractivity contribution in [3.05, 3.63) is 0 Å². The van der Waals surface area contributed by atoms with Crippen LogP contribution in [0.3, 0.4) is 0 Å². The van der Waals surface area contributed by atoms with Crippen LogP contribution >= 0.6 is 11.8 Å². The van der Waals surface area contributed by atoms with Gasteiger partial charge in [0.1, 0.15) is 0 Å². The van der Waals surface area contributed by atoms with E-state index in [1.165, 1.54) is 32.1 Å². The molecule has 0 aromatic carbocycles. The van der Waals surface area contributed by atoms with Crippen molar-refractivity contribution in [1.29, 1.82) is 0 Å². The first kappa shape index (κ1) is 12.7. The van der Waals surface area contributed by atoms with Gasteiger partial charge in [-0.2, -0.15) is 11.8 Å². The maximum atomic E-state index is 10.5. The van der Waals surface area contributed by atoms with Crippen LogP contribution < -0.4 is 0 Å². The normalized spacial score (nSPS) is 38.2. The minimum Gasteiger partial charge on any atom is -0.390 e. The molecule has 3 heteroatoms. The average molecular weight is 244 g/mol. The molecule has 1 saturated heterocycles. The third-order valence-electron chi connectivity index (χ3n) is 4.15. The van der Waals surface area contributed by atoms with E-state index in [1.807, 2.05) is 11.8 Å². The van der Waals surface area contributed by atoms with E-state index in [1.54, 1.807) is 0 Å². The molecule has 0 aromatic heterocycles. The molecule has 2 rings (SSSR count). The van der Waals surface area contributed by atoms with Crippen LogP contribution in [0.25, 0.3) is 0 Å². The number of hydrogen-bond donors (Lipinski definition) is 1. The number of aliphatic hydroxyl groups is 1. The SMILES string of the molecule is CCC1CCCCC1C(O)C1CSCCO1. The Morgan fingerprint density at radius 1 is 1.38 bits per heavy atom. The molecule has 4 atom stereocenters. The molecule has 0 amide bonds. The van der Waals surface area contributed by atoms with Crippen LogP contribution in [0, 0.1) is 11.8 Å². The van der Waals surface area contributed by atoms with Gasteiger partial charge in [0.25, 0.3) is 0 Å². The maximum Gasteiger partial charge on any atom is 0.0927 e. The van der Waals surface area contributed by atoms with Crippen LogP contribution in [0.5, 0.6) is 0 Å². The van der Waals surface area contributed by atoms with Gasteiger partial charge >= 0.3 is 0 Å². The van der Waals surface area contributed by atoms with Crippen molar-refractivity contribution in [2.75, 3.05) is 18.1 Å². The Hall–Kier alpha value is 0.270. The number of hydrogen-bond acceptors (Lipinski definition) is 3. The highest BCUT2D eigenvalue weighted by molar-refractivity contribution is 7.99. The fourth-order valence-corrected chi connectivity index (χ4v) is 4.08. The molecular formula is C13H24O2S. The van der Waals surface area contributed by atoms with Crippen molar-refractivity contribution in [3.8, 4) is 0 Å². The molecule has 0 radical (unpaired) electrons. The van der Waals surface area contributed by atoms with Crippen molar-refractivity contribution in [1.82, 2.24) is 0 Å². The molecule has 1 aliphatic heterocycles. The summed E-state index contributed by atoms with van der Waals surface area (Å²) in [7, 11) is 0. The molecule has 2 aliphatic rings. The fraction of sp³-hybridized carbons (Fsp3) is 1.00. The van der Waals surface area contributed by atoms with E-state index < -0.39 is 0 Å². The van der Waals surface area contributed by atoms with Gasteiger partial charge in [0.2, 0.25) is 0 Å². The molecule has 2 fully saturated rings. The molecule has 0 spiro atoms. The molecule has 1 aliphatic carbocycles. The molecule has 1 N–H and O–H groups in total. The van der Waals surface area contributed by atoms with Crippen molar-refractivity contribution in [2.24, 2.45) is 11.8 Å². The quantitative estimate of drug-likeness (QED) is 0.827. The Kier molecular flexibility index (Phi) is 4.98. The Bertz CT molecular complexity index is 204. The van der Waals surface area contributed by atoms with Crippen LogP contribution in [0.2, 0.25) is 0 Å². The lowest BCUT2D eigenvalue weighted by atomic mass is 9.74. The second-order valence-corrected chi connectivity index (χ2v) is 6.24. The van der Waals surface area contributed by atoms with E-state index in [-0.39, 0.29) is 12.2 Å². The summed E-state index contributed by atoms with van der Waals surface area (Å²) in [6, 6.07) is 0. The van der Waals surface area contributed by atoms with Crippen molar-refractivity contribution < 1.29 is 9.84 Å². The van der Waals surface area contributed by atoms with Crippen LogP contribution in [0.1, 0.15) is 39.0 Å². The van der Waals surface area contributed by atoms with E-state index in [4.69, 9.17) is 4.74 Å². The summed E-state index contributed by atoms with van der Waals surface area (Å²) in [6.45, 7) is 3.07. The third kappa shape index (κ3) is 2.93. The Morgan fingerprint density at radius 2 is 2.19 bits per heavy atom. The van der Waals surface area contributed by atoms with E-state index in [0.717, 1.165) is 24.0 Å². The smallest absolute Gasteiger partial charge is 0.0927 e. The Morgan fingerprint density at radius 3 is 2.88 bits per heavy atom. The van der Waals surface area contributed by atoms with Gasteiger partial charge in [-0.3, -0.25) is 0 Å². The molecule has 0 aromatic rings. The monoisotopic (exact) mass is 244 g/mol. The maximum absolute atomic E-state index is 10.5. The molecule has 16 heavy (non-hydrogen) atoms. The van der Waals surface area contributed by atoms with Crippen molar-refractivity contribution in [3.63, 3.8) is 0 Å². The minimum absolute atomic E-state index is 0.0934. The van der Waals surface area contributed by atoms with Gasteiger partial charge in [-0.1, -0.05) is 32.6 Å². The molecule has 1 saturated carbocycles. The topological polar surface area (TPSA) is 29.5 Å². The largest absolute Gasteiger partial charge is 0.390 e. The molecule has 1 heterocycles. The van der Waals surface area contributed by atoms with Crippen molar-refractivity contribution in [2.45, 2.75) is 51.2 Å². The Labute approximate surface area is 103 Å². The minimum atomic E-state index is -0.224. The van der Waals surface area contributed by atoms with Crippen LogP contribution in [-0.2, 0) is 4.74 Å². The highest BCUT2D eigenvalue weighted by Gasteiger charge is 2.35. The summed E-state index contributed by atoms with van der Waals surface area (Å²) in [5, 5.41) is 10.5. The summed E-state index contributed by atoms with van der Waals surface area (Å²) < 4.78 is 5.71. The van der Waals surface area contributed by atoms with Crippen molar-refractivity contribution >= 4 is 11.8 Å². The number of rotatable bonds is 3. The zero-order valence-electron chi connectivity index (χ0n) is 10.2. The van der Waals surface area contributed by atoms with Gasteiger partial charge in [0.15, 0.2) is 0 Å². The first-order valence-electron chi connectivity index (χ1n) is 6.70. The first-order chi connectivity index (χ1) is 7.83. The molecular weight excluding hydrogens is 220 g/mol. The molecule has 4 unspecified atom stereocenters. The summed E-state index contributed by atoms with van der Waals surface area (Å²) in [4.78, 5) is 0. The zero-order valence-corrected chi connectivity index (χ0v) is 11.0. The summed E-state index contributed by atoms with van der Waals surface area (Å²) in [5.41, 5.74) is 0. The van der Waals surface area contributed by atoms with Gasteiger partial charge < -0.3 is 9.84 Å². The summed E-state index contributed by atoms with van der Waals surface area (Å²) in [6.07, 6.45) is 6.22. The van der Waals surface area contributed by atoms with Gasteiger partial charge in [0, 0.05) is 11.5 Å². The lowest BCUT2D eigenvalue weighted by Gasteiger charge is -2.38. The Balaban J connectivity index is 1.92. The predicted molar refractivity (Wildman–Crippen MR) is 68.8 cm³/mol. The van der Waals surface area contributed by atoms with Gasteiger partial charge in [-0.05, 0) is 18.3 Å². The average Bonchev–Trinajstić information content (AvgIpc) is 2.39. The van der Waals surface area contributed by atoms with Crippen LogP contribution in [0.15, 0.2) is 0 Å².